The van der Waals surface area contributed by atoms with Crippen molar-refractivity contribution >= 4 is 39.1 Å². The zero-order valence-electron chi connectivity index (χ0n) is 18.2. The summed E-state index contributed by atoms with van der Waals surface area (Å²) in [5, 5.41) is 0. The van der Waals surface area contributed by atoms with Gasteiger partial charge < -0.3 is 14.4 Å². The van der Waals surface area contributed by atoms with Gasteiger partial charge in [0.05, 0.1) is 18.8 Å². The summed E-state index contributed by atoms with van der Waals surface area (Å²) in [4.78, 5) is 37.6. The number of ketones is 2. The zero-order chi connectivity index (χ0) is 21.5. The lowest BCUT2D eigenvalue weighted by atomic mass is 10.1. The van der Waals surface area contributed by atoms with E-state index in [-0.39, 0.29) is 23.8 Å². The molecular formula is C21H37NO5S2. The molecule has 0 unspecified atom stereocenters. The van der Waals surface area contributed by atoms with Crippen molar-refractivity contribution in [3.8, 4) is 0 Å². The minimum Gasteiger partial charge on any atom is -0.383 e. The van der Waals surface area contributed by atoms with Gasteiger partial charge in [0, 0.05) is 64.4 Å². The maximum Gasteiger partial charge on any atom is 0.222 e. The highest BCUT2D eigenvalue weighted by Gasteiger charge is 2.34. The van der Waals surface area contributed by atoms with Gasteiger partial charge in [-0.2, -0.15) is 0 Å². The first-order valence-electron chi connectivity index (χ1n) is 10.6. The predicted molar refractivity (Wildman–Crippen MR) is 120 cm³/mol. The molecule has 0 radical (unpaired) electrons. The first-order chi connectivity index (χ1) is 14.0. The van der Waals surface area contributed by atoms with Crippen molar-refractivity contribution in [2.24, 2.45) is 0 Å². The summed E-state index contributed by atoms with van der Waals surface area (Å²) in [5.41, 5.74) is 0. The van der Waals surface area contributed by atoms with E-state index in [0.29, 0.717) is 51.0 Å². The molecule has 168 valence electrons. The smallest absolute Gasteiger partial charge is 0.222 e. The van der Waals surface area contributed by atoms with Gasteiger partial charge in [-0.15, -0.1) is 0 Å². The molecule has 29 heavy (non-hydrogen) atoms. The number of ether oxygens (including phenoxy) is 2. The summed E-state index contributed by atoms with van der Waals surface area (Å²) < 4.78 is 10.6. The lowest BCUT2D eigenvalue weighted by molar-refractivity contribution is -0.133. The van der Waals surface area contributed by atoms with E-state index in [9.17, 15) is 14.4 Å². The zero-order valence-corrected chi connectivity index (χ0v) is 19.8. The van der Waals surface area contributed by atoms with Crippen LogP contribution in [0.5, 0.6) is 0 Å². The van der Waals surface area contributed by atoms with Gasteiger partial charge in [-0.25, -0.2) is 0 Å². The number of amides is 1. The van der Waals surface area contributed by atoms with Crippen molar-refractivity contribution in [1.82, 2.24) is 4.90 Å². The number of hydrogen-bond acceptors (Lipinski definition) is 7. The van der Waals surface area contributed by atoms with E-state index in [1.165, 1.54) is 0 Å². The number of methoxy groups -OCH3 is 2. The fraction of sp³-hybridized carbons (Fsp3) is 0.857. The topological polar surface area (TPSA) is 72.9 Å². The van der Waals surface area contributed by atoms with E-state index in [1.807, 2.05) is 11.8 Å². The molecule has 1 aliphatic heterocycles. The monoisotopic (exact) mass is 447 g/mol. The SMILES string of the molecule is CCC(=O)CCSSCCCC(=O)CCCCC(=O)N1C[C@@H](OC)C[C@@H]1COC. The normalized spacial score (nSPS) is 18.9. The Labute approximate surface area is 183 Å². The molecule has 1 saturated heterocycles. The number of Topliss-reactive ketones (excluding diaryl/α,β-unsaturated/α-hetero) is 2. The molecule has 0 saturated carbocycles. The molecule has 1 aliphatic rings. The summed E-state index contributed by atoms with van der Waals surface area (Å²) in [5.74, 6) is 2.51. The van der Waals surface area contributed by atoms with Gasteiger partial charge in [0.25, 0.3) is 0 Å². The van der Waals surface area contributed by atoms with Crippen LogP contribution in [-0.2, 0) is 23.9 Å². The van der Waals surface area contributed by atoms with Crippen LogP contribution in [0.2, 0.25) is 0 Å². The molecule has 1 amide bonds. The number of carbonyl (C=O) groups excluding carboxylic acids is 3. The van der Waals surface area contributed by atoms with E-state index < -0.39 is 0 Å². The number of likely N-dealkylation sites (tertiary alicyclic amines) is 1. The largest absolute Gasteiger partial charge is 0.383 e. The molecule has 0 aromatic heterocycles. The quantitative estimate of drug-likeness (QED) is 0.247. The fourth-order valence-corrected chi connectivity index (χ4v) is 5.47. The molecule has 8 heteroatoms. The fourth-order valence-electron chi connectivity index (χ4n) is 3.35. The third kappa shape index (κ3) is 11.4. The molecule has 0 N–H and O–H groups in total. The van der Waals surface area contributed by atoms with Crippen LogP contribution in [0, 0.1) is 0 Å². The van der Waals surface area contributed by atoms with E-state index in [0.717, 1.165) is 37.2 Å². The Morgan fingerprint density at radius 3 is 2.31 bits per heavy atom. The van der Waals surface area contributed by atoms with Gasteiger partial charge in [0.2, 0.25) is 5.91 Å². The maximum absolute atomic E-state index is 12.5. The van der Waals surface area contributed by atoms with Crippen LogP contribution in [0.1, 0.15) is 64.7 Å². The van der Waals surface area contributed by atoms with Crippen LogP contribution in [0.4, 0.5) is 0 Å². The second kappa shape index (κ2) is 16.2. The summed E-state index contributed by atoms with van der Waals surface area (Å²) in [7, 11) is 6.79. The third-order valence-electron chi connectivity index (χ3n) is 5.11. The number of nitrogens with zero attached hydrogens (tertiary/aromatic N) is 1. The van der Waals surface area contributed by atoms with Gasteiger partial charge in [0.1, 0.15) is 11.6 Å². The van der Waals surface area contributed by atoms with E-state index in [4.69, 9.17) is 9.47 Å². The summed E-state index contributed by atoms with van der Waals surface area (Å²) >= 11 is 0. The van der Waals surface area contributed by atoms with Gasteiger partial charge >= 0.3 is 0 Å². The Bertz CT molecular complexity index is 503. The lowest BCUT2D eigenvalue weighted by Gasteiger charge is -2.23. The van der Waals surface area contributed by atoms with Crippen molar-refractivity contribution in [2.45, 2.75) is 76.9 Å². The van der Waals surface area contributed by atoms with E-state index >= 15 is 0 Å². The third-order valence-corrected chi connectivity index (χ3v) is 7.60. The van der Waals surface area contributed by atoms with E-state index in [2.05, 4.69) is 0 Å². The average molecular weight is 448 g/mol. The second-order valence-electron chi connectivity index (χ2n) is 7.38. The highest BCUT2D eigenvalue weighted by Crippen LogP contribution is 2.24. The van der Waals surface area contributed by atoms with Crippen LogP contribution in [0.3, 0.4) is 0 Å². The van der Waals surface area contributed by atoms with Gasteiger partial charge in [0.15, 0.2) is 0 Å². The van der Waals surface area contributed by atoms with Gasteiger partial charge in [-0.3, -0.25) is 14.4 Å². The summed E-state index contributed by atoms with van der Waals surface area (Å²) in [6.45, 7) is 3.06. The number of unbranched alkanes of at least 4 members (excludes halogenated alkanes) is 1. The Balaban J connectivity index is 2.06. The Hall–Kier alpha value is -0.570. The molecule has 1 rings (SSSR count). The van der Waals surface area contributed by atoms with Gasteiger partial charge in [-0.1, -0.05) is 28.5 Å². The first kappa shape index (κ1) is 26.5. The predicted octanol–water partition coefficient (Wildman–Crippen LogP) is 3.91. The summed E-state index contributed by atoms with van der Waals surface area (Å²) in [6.07, 6.45) is 6.19. The van der Waals surface area contributed by atoms with E-state index in [1.54, 1.807) is 35.8 Å². The lowest BCUT2D eigenvalue weighted by Crippen LogP contribution is -2.38. The van der Waals surface area contributed by atoms with Crippen LogP contribution < -0.4 is 0 Å². The molecule has 0 aromatic rings. The molecule has 2 atom stereocenters. The van der Waals surface area contributed by atoms with Crippen molar-refractivity contribution in [1.29, 1.82) is 0 Å². The molecule has 1 heterocycles. The van der Waals surface area contributed by atoms with Crippen LogP contribution in [-0.4, -0.2) is 73.4 Å². The second-order valence-corrected chi connectivity index (χ2v) is 10.1. The summed E-state index contributed by atoms with van der Waals surface area (Å²) in [6, 6.07) is 0.0922. The van der Waals surface area contributed by atoms with Gasteiger partial charge in [-0.05, 0) is 25.7 Å². The number of rotatable bonds is 17. The molecule has 0 bridgehead atoms. The van der Waals surface area contributed by atoms with Crippen molar-refractivity contribution < 1.29 is 23.9 Å². The molecule has 1 fully saturated rings. The minimum atomic E-state index is 0.0869. The molecule has 0 aliphatic carbocycles. The molecule has 0 aromatic carbocycles. The Kier molecular flexibility index (Phi) is 14.8. The maximum atomic E-state index is 12.5. The van der Waals surface area contributed by atoms with Crippen molar-refractivity contribution in [3.05, 3.63) is 0 Å². The van der Waals surface area contributed by atoms with Crippen molar-refractivity contribution in [3.63, 3.8) is 0 Å². The van der Waals surface area contributed by atoms with Crippen LogP contribution in [0.25, 0.3) is 0 Å². The Morgan fingerprint density at radius 1 is 0.931 bits per heavy atom. The highest BCUT2D eigenvalue weighted by molar-refractivity contribution is 8.76. The number of carbonyl (C=O) groups is 3. The first-order valence-corrected chi connectivity index (χ1v) is 13.1. The minimum absolute atomic E-state index is 0.0869. The Morgan fingerprint density at radius 2 is 1.62 bits per heavy atom. The highest BCUT2D eigenvalue weighted by atomic mass is 33.1. The molecule has 6 nitrogen and oxygen atoms in total. The molecule has 0 spiro atoms. The standard InChI is InChI=1S/C21H37NO5S2/c1-4-18(23)11-13-29-28-12-7-9-19(24)8-5-6-10-21(25)22-15-20(27-3)14-17(22)16-26-2/h17,20H,4-16H2,1-3H3/t17-,20+/m1/s1. The number of hydrogen-bond donors (Lipinski definition) is 0. The van der Waals surface area contributed by atoms with Crippen LogP contribution in [0.15, 0.2) is 0 Å². The van der Waals surface area contributed by atoms with Crippen LogP contribution >= 0.6 is 21.6 Å². The van der Waals surface area contributed by atoms with Crippen molar-refractivity contribution in [2.75, 3.05) is 38.9 Å². The average Bonchev–Trinajstić information content (AvgIpc) is 3.13. The molecular weight excluding hydrogens is 410 g/mol.